The fourth-order valence-electron chi connectivity index (χ4n) is 1.54. The first-order valence-corrected chi connectivity index (χ1v) is 14.7. The Morgan fingerprint density at radius 1 is 0.700 bits per heavy atom. The van der Waals surface area contributed by atoms with Crippen molar-refractivity contribution >= 4 is 60.3 Å². The van der Waals surface area contributed by atoms with Gasteiger partial charge in [-0.3, -0.25) is 0 Å². The fraction of sp³-hybridized carbons (Fsp3) is 1.00. The summed E-state index contributed by atoms with van der Waals surface area (Å²) in [7, 11) is 12.7. The highest BCUT2D eigenvalue weighted by Gasteiger charge is 2.33. The number of methoxy groups -OCH3 is 4. The first kappa shape index (κ1) is 21.7. The van der Waals surface area contributed by atoms with Crippen LogP contribution in [0.4, 0.5) is 0 Å². The minimum Gasteiger partial charge on any atom is -0.348 e. The van der Waals surface area contributed by atoms with Crippen LogP contribution < -0.4 is 0 Å². The van der Waals surface area contributed by atoms with Crippen molar-refractivity contribution in [1.29, 1.82) is 0 Å². The zero-order valence-electron chi connectivity index (χ0n) is 13.1. The van der Waals surface area contributed by atoms with Gasteiger partial charge >= 0.3 is 0 Å². The van der Waals surface area contributed by atoms with Gasteiger partial charge in [-0.15, -0.1) is 0 Å². The summed E-state index contributed by atoms with van der Waals surface area (Å²) in [6.07, 6.45) is 0. The molecule has 0 N–H and O–H groups in total. The molecule has 0 radical (unpaired) electrons. The van der Waals surface area contributed by atoms with Crippen LogP contribution in [0.5, 0.6) is 0 Å². The molecule has 10 heteroatoms. The molecular formula is C10H26O4S4Si2. The van der Waals surface area contributed by atoms with Crippen molar-refractivity contribution in [2.45, 2.75) is 35.4 Å². The molecule has 20 heavy (non-hydrogen) atoms. The predicted octanol–water partition coefficient (Wildman–Crippen LogP) is 2.69. The number of hydrogen-bond donors (Lipinski definition) is 0. The van der Waals surface area contributed by atoms with E-state index in [-0.39, 0.29) is 0 Å². The third-order valence-corrected chi connectivity index (χ3v) is 16.1. The molecule has 0 spiro atoms. The second-order valence-corrected chi connectivity index (χ2v) is 16.0. The normalized spacial score (nSPS) is 14.1. The van der Waals surface area contributed by atoms with E-state index in [0.29, 0.717) is 0 Å². The molecule has 0 atom stereocenters. The Labute approximate surface area is 142 Å². The Bertz CT molecular complexity index is 219. The number of ether oxygens (including phenoxy) is 4. The number of hydrogen-bond acceptors (Lipinski definition) is 8. The summed E-state index contributed by atoms with van der Waals surface area (Å²) in [4.78, 5) is 0. The van der Waals surface area contributed by atoms with Crippen LogP contribution in [0.1, 0.15) is 13.8 Å². The molecule has 0 amide bonds. The molecule has 0 heterocycles. The van der Waals surface area contributed by atoms with Crippen LogP contribution in [0.2, 0.25) is 12.1 Å². The van der Waals surface area contributed by atoms with Crippen LogP contribution in [-0.2, 0) is 18.9 Å². The highest BCUT2D eigenvalue weighted by molar-refractivity contribution is 9.26. The smallest absolute Gasteiger partial charge is 0.200 e. The van der Waals surface area contributed by atoms with Crippen molar-refractivity contribution in [3.8, 4) is 0 Å². The zero-order chi connectivity index (χ0) is 15.5. The van der Waals surface area contributed by atoms with Gasteiger partial charge in [0.2, 0.25) is 0 Å². The van der Waals surface area contributed by atoms with Crippen LogP contribution in [0.15, 0.2) is 0 Å². The summed E-state index contributed by atoms with van der Waals surface area (Å²) in [6, 6.07) is 2.30. The predicted molar refractivity (Wildman–Crippen MR) is 102 cm³/mol. The van der Waals surface area contributed by atoms with Gasteiger partial charge in [-0.05, 0) is 41.2 Å². The maximum absolute atomic E-state index is 5.57. The van der Waals surface area contributed by atoms with Gasteiger partial charge in [0.1, 0.15) is 19.0 Å². The topological polar surface area (TPSA) is 36.9 Å². The van der Waals surface area contributed by atoms with Crippen molar-refractivity contribution < 1.29 is 18.9 Å². The molecule has 122 valence electrons. The minimum atomic E-state index is -0.433. The molecule has 0 aliphatic carbocycles. The summed E-state index contributed by atoms with van der Waals surface area (Å²) < 4.78 is 21.4. The third-order valence-electron chi connectivity index (χ3n) is 2.71. The van der Waals surface area contributed by atoms with Gasteiger partial charge in [-0.2, -0.15) is 0 Å². The maximum Gasteiger partial charge on any atom is 0.200 e. The van der Waals surface area contributed by atoms with E-state index in [4.69, 9.17) is 18.9 Å². The molecule has 0 saturated heterocycles. The molecule has 0 unspecified atom stereocenters. The van der Waals surface area contributed by atoms with E-state index in [0.717, 1.165) is 12.1 Å². The lowest BCUT2D eigenvalue weighted by molar-refractivity contribution is -0.0725. The van der Waals surface area contributed by atoms with Gasteiger partial charge < -0.3 is 18.9 Å². The molecular weight excluding hydrogens is 369 g/mol. The Morgan fingerprint density at radius 3 is 1.20 bits per heavy atom. The lowest BCUT2D eigenvalue weighted by Crippen LogP contribution is -2.36. The van der Waals surface area contributed by atoms with Gasteiger partial charge in [0, 0.05) is 28.4 Å². The van der Waals surface area contributed by atoms with E-state index in [1.807, 2.05) is 0 Å². The number of rotatable bonds is 13. The lowest BCUT2D eigenvalue weighted by Gasteiger charge is -2.30. The van der Waals surface area contributed by atoms with Crippen molar-refractivity contribution in [1.82, 2.24) is 0 Å². The van der Waals surface area contributed by atoms with Crippen LogP contribution >= 0.6 is 41.2 Å². The molecule has 4 nitrogen and oxygen atoms in total. The first-order chi connectivity index (χ1) is 9.57. The van der Waals surface area contributed by atoms with Crippen LogP contribution in [-0.4, -0.2) is 57.0 Å². The Hall–Kier alpha value is 1.67. The van der Waals surface area contributed by atoms with Crippen LogP contribution in [0.25, 0.3) is 0 Å². The first-order valence-electron chi connectivity index (χ1n) is 6.48. The van der Waals surface area contributed by atoms with E-state index in [9.17, 15) is 0 Å². The molecule has 0 aromatic heterocycles. The van der Waals surface area contributed by atoms with E-state index in [1.54, 1.807) is 69.7 Å². The second-order valence-electron chi connectivity index (χ2n) is 3.99. The SMILES string of the molecule is CC[SiH2]C(OC)(OC)SSSSC(OC)(OC)[SiH2]CC. The van der Waals surface area contributed by atoms with Gasteiger partial charge in [0.05, 0.1) is 0 Å². The van der Waals surface area contributed by atoms with Crippen molar-refractivity contribution in [3.05, 3.63) is 0 Å². The van der Waals surface area contributed by atoms with E-state index in [2.05, 4.69) is 13.8 Å². The van der Waals surface area contributed by atoms with Crippen molar-refractivity contribution in [2.75, 3.05) is 28.4 Å². The van der Waals surface area contributed by atoms with Crippen molar-refractivity contribution in [2.24, 2.45) is 0 Å². The second kappa shape index (κ2) is 12.1. The van der Waals surface area contributed by atoms with Gasteiger partial charge in [-0.25, -0.2) is 0 Å². The monoisotopic (exact) mass is 394 g/mol. The van der Waals surface area contributed by atoms with Gasteiger partial charge in [-0.1, -0.05) is 25.9 Å². The lowest BCUT2D eigenvalue weighted by atomic mass is 11.0. The van der Waals surface area contributed by atoms with E-state index >= 15 is 0 Å². The zero-order valence-corrected chi connectivity index (χ0v) is 19.2. The largest absolute Gasteiger partial charge is 0.348 e. The molecule has 0 aromatic rings. The van der Waals surface area contributed by atoms with Crippen LogP contribution in [0.3, 0.4) is 0 Å². The molecule has 0 aliphatic rings. The summed E-state index contributed by atoms with van der Waals surface area (Å²) in [5.41, 5.74) is 0. The molecule has 0 bridgehead atoms. The quantitative estimate of drug-likeness (QED) is 0.204. The summed E-state index contributed by atoms with van der Waals surface area (Å²) >= 11 is 0. The average Bonchev–Trinajstić information content (AvgIpc) is 2.49. The van der Waals surface area contributed by atoms with E-state index in [1.165, 1.54) is 0 Å². The molecule has 0 aromatic carbocycles. The van der Waals surface area contributed by atoms with Crippen LogP contribution in [0, 0.1) is 0 Å². The Morgan fingerprint density at radius 2 is 1.00 bits per heavy atom. The Kier molecular flexibility index (Phi) is 13.2. The third kappa shape index (κ3) is 7.29. The highest BCUT2D eigenvalue weighted by atomic mass is 33.7. The maximum atomic E-state index is 5.57. The van der Waals surface area contributed by atoms with Gasteiger partial charge in [0.15, 0.2) is 9.48 Å². The Balaban J connectivity index is 4.27. The summed E-state index contributed by atoms with van der Waals surface area (Å²) in [5, 5.41) is 0. The molecule has 0 saturated carbocycles. The van der Waals surface area contributed by atoms with E-state index < -0.39 is 28.5 Å². The standard InChI is InChI=1S/C10H26O4S4Si2/c1-7-19-9(11-3,12-4)15-17-18-16-10(13-5,14-6)20-8-2/h7-8,19-20H2,1-6H3. The molecule has 0 fully saturated rings. The van der Waals surface area contributed by atoms with Gasteiger partial charge in [0.25, 0.3) is 0 Å². The fourth-order valence-corrected chi connectivity index (χ4v) is 15.6. The van der Waals surface area contributed by atoms with Crippen molar-refractivity contribution in [3.63, 3.8) is 0 Å². The highest BCUT2D eigenvalue weighted by Crippen LogP contribution is 2.52. The molecule has 0 rings (SSSR count). The molecule has 0 aliphatic heterocycles. The average molecular weight is 395 g/mol. The summed E-state index contributed by atoms with van der Waals surface area (Å²) in [6.45, 7) is 4.36. The summed E-state index contributed by atoms with van der Waals surface area (Å²) in [5.74, 6) is 0. The minimum absolute atomic E-state index is 0.432.